The molecule has 2 aromatic rings. The molecule has 0 saturated heterocycles. The quantitative estimate of drug-likeness (QED) is 0.740. The molecule has 0 N–H and O–H groups in total. The fourth-order valence-electron chi connectivity index (χ4n) is 2.45. The maximum atomic E-state index is 12.4. The van der Waals surface area contributed by atoms with E-state index < -0.39 is 0 Å². The summed E-state index contributed by atoms with van der Waals surface area (Å²) in [6.07, 6.45) is 6.85. The summed E-state index contributed by atoms with van der Waals surface area (Å²) in [6, 6.07) is 11.2. The number of nitriles is 1. The molecule has 96 valence electrons. The van der Waals surface area contributed by atoms with E-state index in [2.05, 4.69) is 11.1 Å². The number of allylic oxidation sites excluding steroid dienone is 1. The summed E-state index contributed by atoms with van der Waals surface area (Å²) in [5.41, 5.74) is 4.03. The largest absolute Gasteiger partial charge is 0.289 e. The van der Waals surface area contributed by atoms with Crippen LogP contribution < -0.4 is 0 Å². The van der Waals surface area contributed by atoms with Crippen molar-refractivity contribution in [3.8, 4) is 6.07 Å². The molecule has 1 aromatic heterocycles. The van der Waals surface area contributed by atoms with Gasteiger partial charge in [0.05, 0.1) is 11.6 Å². The standard InChI is InChI=1S/C17H12N2O/c18-10-12-3-6-16-14(8-12)4-5-15(17(16)20)9-13-2-1-7-19-11-13/h1-3,6-9,11H,4-5H2/b15-9+. The van der Waals surface area contributed by atoms with Crippen LogP contribution in [0.15, 0.2) is 48.3 Å². The Hall–Kier alpha value is -2.73. The fraction of sp³-hybridized carbons (Fsp3) is 0.118. The molecule has 1 aliphatic rings. The fourth-order valence-corrected chi connectivity index (χ4v) is 2.45. The second-order valence-electron chi connectivity index (χ2n) is 4.77. The van der Waals surface area contributed by atoms with Crippen LogP contribution in [0.1, 0.15) is 33.5 Å². The Labute approximate surface area is 117 Å². The van der Waals surface area contributed by atoms with E-state index in [1.807, 2.05) is 24.3 Å². The van der Waals surface area contributed by atoms with Gasteiger partial charge in [-0.15, -0.1) is 0 Å². The average Bonchev–Trinajstić information content (AvgIpc) is 2.51. The molecule has 3 rings (SSSR count). The molecule has 0 radical (unpaired) electrons. The van der Waals surface area contributed by atoms with Gasteiger partial charge < -0.3 is 0 Å². The summed E-state index contributed by atoms with van der Waals surface area (Å²) in [5.74, 6) is 0.0552. The number of ketones is 1. The van der Waals surface area contributed by atoms with Crippen molar-refractivity contribution in [2.24, 2.45) is 0 Å². The highest BCUT2D eigenvalue weighted by molar-refractivity contribution is 6.13. The third-order valence-corrected chi connectivity index (χ3v) is 3.46. The third kappa shape index (κ3) is 2.24. The molecule has 0 unspecified atom stereocenters. The lowest BCUT2D eigenvalue weighted by Gasteiger charge is -2.17. The molecule has 20 heavy (non-hydrogen) atoms. The number of aromatic nitrogens is 1. The maximum absolute atomic E-state index is 12.4. The van der Waals surface area contributed by atoms with E-state index in [-0.39, 0.29) is 5.78 Å². The number of Topliss-reactive ketones (excluding diaryl/α,β-unsaturated/α-hetero) is 1. The molecule has 3 nitrogen and oxygen atoms in total. The van der Waals surface area contributed by atoms with Crippen molar-refractivity contribution >= 4 is 11.9 Å². The molecule has 0 spiro atoms. The van der Waals surface area contributed by atoms with E-state index in [4.69, 9.17) is 5.26 Å². The van der Waals surface area contributed by atoms with Gasteiger partial charge in [-0.25, -0.2) is 0 Å². The van der Waals surface area contributed by atoms with Gasteiger partial charge in [0, 0.05) is 23.5 Å². The highest BCUT2D eigenvalue weighted by Crippen LogP contribution is 2.27. The van der Waals surface area contributed by atoms with Crippen LogP contribution >= 0.6 is 0 Å². The number of fused-ring (bicyclic) bond motifs is 1. The van der Waals surface area contributed by atoms with Crippen molar-refractivity contribution in [3.63, 3.8) is 0 Å². The van der Waals surface area contributed by atoms with Crippen molar-refractivity contribution in [1.82, 2.24) is 4.98 Å². The summed E-state index contributed by atoms with van der Waals surface area (Å²) in [7, 11) is 0. The summed E-state index contributed by atoms with van der Waals surface area (Å²) in [5, 5.41) is 8.90. The first kappa shape index (κ1) is 12.3. The molecule has 0 atom stereocenters. The monoisotopic (exact) mass is 260 g/mol. The third-order valence-electron chi connectivity index (χ3n) is 3.46. The number of carbonyl (C=O) groups is 1. The van der Waals surface area contributed by atoms with E-state index in [0.29, 0.717) is 17.5 Å². The molecule has 1 heterocycles. The molecule has 0 amide bonds. The summed E-state index contributed by atoms with van der Waals surface area (Å²) >= 11 is 0. The van der Waals surface area contributed by atoms with E-state index in [1.54, 1.807) is 24.5 Å². The zero-order valence-electron chi connectivity index (χ0n) is 10.8. The van der Waals surface area contributed by atoms with Crippen molar-refractivity contribution in [3.05, 3.63) is 70.6 Å². The molecule has 0 bridgehead atoms. The van der Waals surface area contributed by atoms with Gasteiger partial charge in [-0.1, -0.05) is 6.07 Å². The molecule has 3 heteroatoms. The van der Waals surface area contributed by atoms with Gasteiger partial charge in [-0.2, -0.15) is 5.26 Å². The van der Waals surface area contributed by atoms with Gasteiger partial charge in [-0.05, 0) is 54.3 Å². The highest BCUT2D eigenvalue weighted by Gasteiger charge is 2.21. The molecular weight excluding hydrogens is 248 g/mol. The maximum Gasteiger partial charge on any atom is 0.189 e. The van der Waals surface area contributed by atoms with Gasteiger partial charge >= 0.3 is 0 Å². The highest BCUT2D eigenvalue weighted by atomic mass is 16.1. The van der Waals surface area contributed by atoms with Gasteiger partial charge in [0.2, 0.25) is 0 Å². The van der Waals surface area contributed by atoms with Crippen LogP contribution in [0.4, 0.5) is 0 Å². The van der Waals surface area contributed by atoms with Crippen molar-refractivity contribution < 1.29 is 4.79 Å². The SMILES string of the molecule is N#Cc1ccc2c(c1)CC/C(=C\c1cccnc1)C2=O. The summed E-state index contributed by atoms with van der Waals surface area (Å²) < 4.78 is 0. The second kappa shape index (κ2) is 5.10. The molecule has 0 saturated carbocycles. The minimum atomic E-state index is 0.0552. The van der Waals surface area contributed by atoms with Gasteiger partial charge in [0.1, 0.15) is 0 Å². The lowest BCUT2D eigenvalue weighted by Crippen LogP contribution is -2.14. The minimum absolute atomic E-state index is 0.0552. The van der Waals surface area contributed by atoms with Crippen molar-refractivity contribution in [1.29, 1.82) is 5.26 Å². The van der Waals surface area contributed by atoms with Gasteiger partial charge in [0.25, 0.3) is 0 Å². The van der Waals surface area contributed by atoms with Crippen LogP contribution in [0.25, 0.3) is 6.08 Å². The Bertz CT molecular complexity index is 739. The number of hydrogen-bond acceptors (Lipinski definition) is 3. The number of aryl methyl sites for hydroxylation is 1. The van der Waals surface area contributed by atoms with E-state index in [9.17, 15) is 4.79 Å². The van der Waals surface area contributed by atoms with Crippen LogP contribution in [-0.2, 0) is 6.42 Å². The normalized spacial score (nSPS) is 15.8. The van der Waals surface area contributed by atoms with Crippen LogP contribution in [0, 0.1) is 11.3 Å². The van der Waals surface area contributed by atoms with E-state index >= 15 is 0 Å². The Morgan fingerprint density at radius 1 is 1.25 bits per heavy atom. The number of nitrogens with zero attached hydrogens (tertiary/aromatic N) is 2. The second-order valence-corrected chi connectivity index (χ2v) is 4.77. The number of benzene rings is 1. The zero-order valence-corrected chi connectivity index (χ0v) is 10.8. The Kier molecular flexibility index (Phi) is 3.14. The van der Waals surface area contributed by atoms with Crippen LogP contribution in [0.3, 0.4) is 0 Å². The summed E-state index contributed by atoms with van der Waals surface area (Å²) in [4.78, 5) is 16.5. The minimum Gasteiger partial charge on any atom is -0.289 e. The topological polar surface area (TPSA) is 53.8 Å². The predicted molar refractivity (Wildman–Crippen MR) is 76.0 cm³/mol. The number of pyridine rings is 1. The molecule has 0 fully saturated rings. The van der Waals surface area contributed by atoms with Crippen molar-refractivity contribution in [2.45, 2.75) is 12.8 Å². The first-order valence-electron chi connectivity index (χ1n) is 6.46. The molecular formula is C17H12N2O. The van der Waals surface area contributed by atoms with Crippen LogP contribution in [0.5, 0.6) is 0 Å². The first-order chi connectivity index (χ1) is 9.78. The van der Waals surface area contributed by atoms with Crippen molar-refractivity contribution in [2.75, 3.05) is 0 Å². The van der Waals surface area contributed by atoms with E-state index in [0.717, 1.165) is 23.1 Å². The Morgan fingerprint density at radius 2 is 2.15 bits per heavy atom. The predicted octanol–water partition coefficient (Wildman–Crippen LogP) is 3.17. The number of hydrogen-bond donors (Lipinski definition) is 0. The molecule has 1 aliphatic carbocycles. The van der Waals surface area contributed by atoms with Crippen LogP contribution in [-0.4, -0.2) is 10.8 Å². The average molecular weight is 260 g/mol. The zero-order chi connectivity index (χ0) is 13.9. The molecule has 1 aromatic carbocycles. The van der Waals surface area contributed by atoms with E-state index in [1.165, 1.54) is 0 Å². The lowest BCUT2D eigenvalue weighted by molar-refractivity contribution is 0.102. The van der Waals surface area contributed by atoms with Gasteiger partial charge in [0.15, 0.2) is 5.78 Å². The van der Waals surface area contributed by atoms with Crippen LogP contribution in [0.2, 0.25) is 0 Å². The number of rotatable bonds is 1. The number of carbonyl (C=O) groups excluding carboxylic acids is 1. The summed E-state index contributed by atoms with van der Waals surface area (Å²) in [6.45, 7) is 0. The Morgan fingerprint density at radius 3 is 2.90 bits per heavy atom. The lowest BCUT2D eigenvalue weighted by atomic mass is 9.85. The smallest absolute Gasteiger partial charge is 0.189 e. The van der Waals surface area contributed by atoms with Gasteiger partial charge in [-0.3, -0.25) is 9.78 Å². The Balaban J connectivity index is 1.98. The first-order valence-corrected chi connectivity index (χ1v) is 6.46. The molecule has 0 aliphatic heterocycles.